The molecule has 0 amide bonds. The number of rotatable bonds is 3. The fraction of sp³-hybridized carbons (Fsp3) is 0.692. The first-order chi connectivity index (χ1) is 7.31. The van der Waals surface area contributed by atoms with Gasteiger partial charge in [0.1, 0.15) is 0 Å². The largest absolute Gasteiger partial charge is 0.323 e. The molecule has 0 spiro atoms. The van der Waals surface area contributed by atoms with Crippen molar-refractivity contribution in [2.24, 2.45) is 5.73 Å². The smallest absolute Gasteiger partial charge is 0.0389 e. The molecule has 15 heavy (non-hydrogen) atoms. The van der Waals surface area contributed by atoms with E-state index in [0.29, 0.717) is 0 Å². The average molecular weight is 223 g/mol. The van der Waals surface area contributed by atoms with E-state index in [1.54, 1.807) is 10.4 Å². The topological polar surface area (TPSA) is 26.0 Å². The van der Waals surface area contributed by atoms with Crippen molar-refractivity contribution in [1.82, 2.24) is 0 Å². The molecule has 0 aliphatic heterocycles. The zero-order valence-corrected chi connectivity index (χ0v) is 10.4. The van der Waals surface area contributed by atoms with Gasteiger partial charge in [0.2, 0.25) is 0 Å². The van der Waals surface area contributed by atoms with Crippen molar-refractivity contribution in [2.45, 2.75) is 57.9 Å². The Kier molecular flexibility index (Phi) is 3.81. The highest BCUT2D eigenvalue weighted by molar-refractivity contribution is 7.12. The Hall–Kier alpha value is -0.340. The highest BCUT2D eigenvalue weighted by Crippen LogP contribution is 2.32. The maximum Gasteiger partial charge on any atom is 0.0389 e. The summed E-state index contributed by atoms with van der Waals surface area (Å²) in [5.41, 5.74) is 7.76. The van der Waals surface area contributed by atoms with Crippen LogP contribution in [0.25, 0.3) is 0 Å². The van der Waals surface area contributed by atoms with E-state index >= 15 is 0 Å². The van der Waals surface area contributed by atoms with Crippen LogP contribution < -0.4 is 5.73 Å². The second-order valence-corrected chi connectivity index (χ2v) is 5.72. The van der Waals surface area contributed by atoms with Gasteiger partial charge in [-0.05, 0) is 43.7 Å². The third-order valence-corrected chi connectivity index (χ3v) is 4.60. The quantitative estimate of drug-likeness (QED) is 0.775. The monoisotopic (exact) mass is 223 g/mol. The number of nitrogens with two attached hydrogens (primary N) is 1. The molecule has 1 aliphatic rings. The highest BCUT2D eigenvalue weighted by Gasteiger charge is 2.15. The van der Waals surface area contributed by atoms with Crippen molar-refractivity contribution in [3.8, 4) is 0 Å². The molecule has 0 saturated heterocycles. The van der Waals surface area contributed by atoms with Crippen LogP contribution in [-0.2, 0) is 12.8 Å². The van der Waals surface area contributed by atoms with Crippen LogP contribution >= 0.6 is 11.3 Å². The maximum atomic E-state index is 6.17. The SMILES string of the molecule is CCCC(N)c1cc2c(s1)CCCCC2. The number of hydrogen-bond donors (Lipinski definition) is 1. The van der Waals surface area contributed by atoms with Gasteiger partial charge in [-0.15, -0.1) is 11.3 Å². The van der Waals surface area contributed by atoms with Gasteiger partial charge in [-0.1, -0.05) is 19.8 Å². The zero-order valence-electron chi connectivity index (χ0n) is 9.59. The van der Waals surface area contributed by atoms with Gasteiger partial charge >= 0.3 is 0 Å². The second-order valence-electron chi connectivity index (χ2n) is 4.55. The first-order valence-corrected chi connectivity index (χ1v) is 7.00. The highest BCUT2D eigenvalue weighted by atomic mass is 32.1. The van der Waals surface area contributed by atoms with Gasteiger partial charge in [0, 0.05) is 15.8 Å². The molecule has 1 aromatic rings. The van der Waals surface area contributed by atoms with Gasteiger partial charge < -0.3 is 5.73 Å². The fourth-order valence-electron chi connectivity index (χ4n) is 2.33. The Morgan fingerprint density at radius 1 is 1.33 bits per heavy atom. The van der Waals surface area contributed by atoms with Crippen LogP contribution in [0.15, 0.2) is 6.07 Å². The summed E-state index contributed by atoms with van der Waals surface area (Å²) in [4.78, 5) is 3.04. The van der Waals surface area contributed by atoms with Crippen LogP contribution in [0, 0.1) is 0 Å². The molecule has 0 bridgehead atoms. The van der Waals surface area contributed by atoms with E-state index in [9.17, 15) is 0 Å². The molecule has 0 radical (unpaired) electrons. The molecule has 2 rings (SSSR count). The maximum absolute atomic E-state index is 6.17. The molecule has 1 nitrogen and oxygen atoms in total. The van der Waals surface area contributed by atoms with Gasteiger partial charge in [0.25, 0.3) is 0 Å². The summed E-state index contributed by atoms with van der Waals surface area (Å²) in [6.45, 7) is 2.21. The van der Waals surface area contributed by atoms with Crippen LogP contribution in [0.1, 0.15) is 60.4 Å². The fourth-order valence-corrected chi connectivity index (χ4v) is 3.62. The minimum absolute atomic E-state index is 0.284. The minimum atomic E-state index is 0.284. The van der Waals surface area contributed by atoms with Crippen molar-refractivity contribution in [2.75, 3.05) is 0 Å². The predicted molar refractivity (Wildman–Crippen MR) is 67.4 cm³/mol. The number of aryl methyl sites for hydroxylation is 2. The Morgan fingerprint density at radius 2 is 2.13 bits per heavy atom. The van der Waals surface area contributed by atoms with Crippen molar-refractivity contribution in [3.63, 3.8) is 0 Å². The molecule has 2 N–H and O–H groups in total. The van der Waals surface area contributed by atoms with E-state index in [1.807, 2.05) is 11.3 Å². The van der Waals surface area contributed by atoms with Crippen molar-refractivity contribution >= 4 is 11.3 Å². The van der Waals surface area contributed by atoms with Crippen LogP contribution in [0.4, 0.5) is 0 Å². The standard InChI is InChI=1S/C13H21NS/c1-2-6-11(14)13-9-10-7-4-3-5-8-12(10)15-13/h9,11H,2-8,14H2,1H3. The summed E-state index contributed by atoms with van der Waals surface area (Å²) in [7, 11) is 0. The Bertz CT molecular complexity index is 293. The van der Waals surface area contributed by atoms with E-state index in [0.717, 1.165) is 6.42 Å². The molecule has 2 heteroatoms. The number of hydrogen-bond acceptors (Lipinski definition) is 2. The molecular formula is C13H21NS. The van der Waals surface area contributed by atoms with E-state index in [2.05, 4.69) is 13.0 Å². The summed E-state index contributed by atoms with van der Waals surface area (Å²) < 4.78 is 0. The van der Waals surface area contributed by atoms with Crippen LogP contribution in [0.5, 0.6) is 0 Å². The molecule has 1 unspecified atom stereocenters. The lowest BCUT2D eigenvalue weighted by Gasteiger charge is -2.06. The summed E-state index contributed by atoms with van der Waals surface area (Å²) in [5.74, 6) is 0. The lowest BCUT2D eigenvalue weighted by atomic mass is 10.1. The first kappa shape index (κ1) is 11.2. The summed E-state index contributed by atoms with van der Waals surface area (Å²) >= 11 is 1.97. The van der Waals surface area contributed by atoms with Gasteiger partial charge in [-0.2, -0.15) is 0 Å². The molecule has 0 saturated carbocycles. The summed E-state index contributed by atoms with van der Waals surface area (Å²) in [6, 6.07) is 2.66. The minimum Gasteiger partial charge on any atom is -0.323 e. The van der Waals surface area contributed by atoms with Gasteiger partial charge in [0.05, 0.1) is 0 Å². The Labute approximate surface area is 96.7 Å². The van der Waals surface area contributed by atoms with E-state index < -0.39 is 0 Å². The van der Waals surface area contributed by atoms with Crippen molar-refractivity contribution < 1.29 is 0 Å². The van der Waals surface area contributed by atoms with E-state index in [4.69, 9.17) is 5.73 Å². The summed E-state index contributed by atoms with van der Waals surface area (Å²) in [5, 5.41) is 0. The molecule has 0 fully saturated rings. The average Bonchev–Trinajstić information content (AvgIpc) is 2.51. The Morgan fingerprint density at radius 3 is 2.93 bits per heavy atom. The van der Waals surface area contributed by atoms with E-state index in [1.165, 1.54) is 43.4 Å². The predicted octanol–water partition coefficient (Wildman–Crippen LogP) is 3.82. The van der Waals surface area contributed by atoms with Crippen LogP contribution in [0.3, 0.4) is 0 Å². The number of thiophene rings is 1. The zero-order chi connectivity index (χ0) is 10.7. The third-order valence-electron chi connectivity index (χ3n) is 3.23. The molecule has 1 aliphatic carbocycles. The number of fused-ring (bicyclic) bond motifs is 1. The summed E-state index contributed by atoms with van der Waals surface area (Å²) in [6.07, 6.45) is 9.02. The molecule has 0 aromatic carbocycles. The van der Waals surface area contributed by atoms with Crippen molar-refractivity contribution in [3.05, 3.63) is 21.4 Å². The molecule has 1 heterocycles. The third kappa shape index (κ3) is 2.61. The molecule has 84 valence electrons. The second kappa shape index (κ2) is 5.13. The Balaban J connectivity index is 2.14. The lowest BCUT2D eigenvalue weighted by molar-refractivity contribution is 0.647. The molecular weight excluding hydrogens is 202 g/mol. The van der Waals surface area contributed by atoms with Crippen LogP contribution in [-0.4, -0.2) is 0 Å². The van der Waals surface area contributed by atoms with Gasteiger partial charge in [0.15, 0.2) is 0 Å². The normalized spacial score (nSPS) is 18.3. The van der Waals surface area contributed by atoms with Gasteiger partial charge in [-0.3, -0.25) is 0 Å². The van der Waals surface area contributed by atoms with Crippen molar-refractivity contribution in [1.29, 1.82) is 0 Å². The molecule has 1 atom stereocenters. The molecule has 1 aromatic heterocycles. The van der Waals surface area contributed by atoms with E-state index in [-0.39, 0.29) is 6.04 Å². The van der Waals surface area contributed by atoms with Gasteiger partial charge in [-0.25, -0.2) is 0 Å². The lowest BCUT2D eigenvalue weighted by Crippen LogP contribution is -2.07. The first-order valence-electron chi connectivity index (χ1n) is 6.18. The van der Waals surface area contributed by atoms with Crippen LogP contribution in [0.2, 0.25) is 0 Å².